The molecule has 2 aromatic rings. The predicted octanol–water partition coefficient (Wildman–Crippen LogP) is -0.241. The molecule has 2 heterocycles. The molecule has 0 aromatic carbocycles. The lowest BCUT2D eigenvalue weighted by Gasteiger charge is -2.10. The molecule has 9 nitrogen and oxygen atoms in total. The minimum atomic E-state index is -1.03. The van der Waals surface area contributed by atoms with Gasteiger partial charge in [0.25, 0.3) is 5.91 Å². The molecule has 0 spiro atoms. The van der Waals surface area contributed by atoms with E-state index < -0.39 is 12.0 Å². The maximum absolute atomic E-state index is 11.9. The third kappa shape index (κ3) is 3.15. The Hall–Kier alpha value is -2.71. The van der Waals surface area contributed by atoms with Gasteiger partial charge in [0.1, 0.15) is 18.9 Å². The molecule has 19 heavy (non-hydrogen) atoms. The molecule has 0 saturated carbocycles. The van der Waals surface area contributed by atoms with Crippen LogP contribution in [-0.2, 0) is 16.1 Å². The van der Waals surface area contributed by atoms with Gasteiger partial charge in [0, 0.05) is 12.4 Å². The van der Waals surface area contributed by atoms with Crippen molar-refractivity contribution in [2.75, 3.05) is 5.32 Å². The van der Waals surface area contributed by atoms with Crippen LogP contribution in [0.5, 0.6) is 0 Å². The molecule has 0 aliphatic heterocycles. The highest BCUT2D eigenvalue weighted by Crippen LogP contribution is 2.06. The molecule has 0 fully saturated rings. The van der Waals surface area contributed by atoms with Crippen molar-refractivity contribution in [3.8, 4) is 0 Å². The smallest absolute Gasteiger partial charge is 0.325 e. The van der Waals surface area contributed by atoms with Crippen molar-refractivity contribution in [1.29, 1.82) is 0 Å². The molecule has 1 unspecified atom stereocenters. The Morgan fingerprint density at radius 2 is 2.32 bits per heavy atom. The summed E-state index contributed by atoms with van der Waals surface area (Å²) in [5.74, 6) is -1.31. The minimum absolute atomic E-state index is 0.0604. The Morgan fingerprint density at radius 1 is 1.53 bits per heavy atom. The molecule has 2 aromatic heterocycles. The van der Waals surface area contributed by atoms with Gasteiger partial charge in [-0.15, -0.1) is 5.10 Å². The Balaban J connectivity index is 1.99. The topological polar surface area (TPSA) is 115 Å². The van der Waals surface area contributed by atoms with Gasteiger partial charge in [-0.05, 0) is 13.0 Å². The average molecular weight is 264 g/mol. The predicted molar refractivity (Wildman–Crippen MR) is 63.2 cm³/mol. The average Bonchev–Trinajstić information content (AvgIpc) is 2.98. The number of carboxylic acid groups (broad SMARTS) is 1. The van der Waals surface area contributed by atoms with Gasteiger partial charge in [0.2, 0.25) is 5.95 Å². The van der Waals surface area contributed by atoms with Crippen LogP contribution in [0.2, 0.25) is 0 Å². The van der Waals surface area contributed by atoms with Crippen LogP contribution < -0.4 is 5.32 Å². The van der Waals surface area contributed by atoms with E-state index in [1.807, 2.05) is 0 Å². The van der Waals surface area contributed by atoms with Crippen molar-refractivity contribution in [2.24, 2.45) is 0 Å². The maximum atomic E-state index is 11.9. The number of hydrogen-bond acceptors (Lipinski definition) is 5. The Labute approximate surface area is 107 Å². The summed E-state index contributed by atoms with van der Waals surface area (Å²) in [6.07, 6.45) is 4.48. The van der Waals surface area contributed by atoms with Crippen molar-refractivity contribution in [3.05, 3.63) is 24.8 Å². The van der Waals surface area contributed by atoms with Crippen molar-refractivity contribution < 1.29 is 14.7 Å². The van der Waals surface area contributed by atoms with Crippen molar-refractivity contribution in [3.63, 3.8) is 0 Å². The van der Waals surface area contributed by atoms with Gasteiger partial charge in [0.05, 0.1) is 0 Å². The number of carbonyl (C=O) groups is 2. The molecule has 2 rings (SSSR count). The van der Waals surface area contributed by atoms with Crippen LogP contribution in [0.1, 0.15) is 13.0 Å². The maximum Gasteiger partial charge on any atom is 0.325 e. The lowest BCUT2D eigenvalue weighted by atomic mass is 10.3. The SMILES string of the molecule is CC(C(=O)Nc1ncn(CC(=O)O)n1)n1cccn1. The largest absolute Gasteiger partial charge is 0.480 e. The molecule has 2 N–H and O–H groups in total. The van der Waals surface area contributed by atoms with Gasteiger partial charge in [0.15, 0.2) is 0 Å². The zero-order valence-electron chi connectivity index (χ0n) is 10.1. The summed E-state index contributed by atoms with van der Waals surface area (Å²) in [5.41, 5.74) is 0. The van der Waals surface area contributed by atoms with Crippen LogP contribution in [0.15, 0.2) is 24.8 Å². The first kappa shape index (κ1) is 12.7. The third-order valence-electron chi connectivity index (χ3n) is 2.37. The van der Waals surface area contributed by atoms with Gasteiger partial charge >= 0.3 is 5.97 Å². The van der Waals surface area contributed by atoms with E-state index in [0.29, 0.717) is 0 Å². The normalized spacial score (nSPS) is 12.1. The first-order chi connectivity index (χ1) is 9.06. The lowest BCUT2D eigenvalue weighted by Crippen LogP contribution is -2.24. The fraction of sp³-hybridized carbons (Fsp3) is 0.300. The number of amides is 1. The molecule has 1 amide bonds. The summed E-state index contributed by atoms with van der Waals surface area (Å²) in [7, 11) is 0. The number of rotatable bonds is 5. The highest BCUT2D eigenvalue weighted by atomic mass is 16.4. The Kier molecular flexibility index (Phi) is 3.55. The molecule has 0 saturated heterocycles. The van der Waals surface area contributed by atoms with Gasteiger partial charge < -0.3 is 5.11 Å². The first-order valence-corrected chi connectivity index (χ1v) is 5.47. The summed E-state index contributed by atoms with van der Waals surface area (Å²) in [6.45, 7) is 1.37. The number of nitrogens with one attached hydrogen (secondary N) is 1. The standard InChI is InChI=1S/C10H12N6O3/c1-7(16-4-2-3-12-16)9(19)13-10-11-6-15(14-10)5-8(17)18/h2-4,6-7H,5H2,1H3,(H,17,18)(H,13,14,19). The Bertz CT molecular complexity index is 576. The van der Waals surface area contributed by atoms with E-state index in [2.05, 4.69) is 20.5 Å². The summed E-state index contributed by atoms with van der Waals surface area (Å²) in [6, 6.07) is 1.20. The molecule has 0 radical (unpaired) electrons. The van der Waals surface area contributed by atoms with Gasteiger partial charge in [-0.1, -0.05) is 0 Å². The summed E-state index contributed by atoms with van der Waals surface area (Å²) >= 11 is 0. The molecular formula is C10H12N6O3. The fourth-order valence-electron chi connectivity index (χ4n) is 1.41. The second-order valence-corrected chi connectivity index (χ2v) is 3.81. The summed E-state index contributed by atoms with van der Waals surface area (Å²) in [5, 5.41) is 18.8. The van der Waals surface area contributed by atoms with E-state index in [9.17, 15) is 9.59 Å². The highest BCUT2D eigenvalue weighted by Gasteiger charge is 2.16. The minimum Gasteiger partial charge on any atom is -0.480 e. The van der Waals surface area contributed by atoms with Gasteiger partial charge in [-0.2, -0.15) is 5.10 Å². The van der Waals surface area contributed by atoms with Crippen LogP contribution in [0.3, 0.4) is 0 Å². The number of carboxylic acids is 1. The zero-order chi connectivity index (χ0) is 13.8. The van der Waals surface area contributed by atoms with Crippen LogP contribution in [0.25, 0.3) is 0 Å². The number of aromatic nitrogens is 5. The zero-order valence-corrected chi connectivity index (χ0v) is 10.1. The monoisotopic (exact) mass is 264 g/mol. The molecule has 0 aliphatic rings. The lowest BCUT2D eigenvalue weighted by molar-refractivity contribution is -0.137. The van der Waals surface area contributed by atoms with Crippen LogP contribution in [-0.4, -0.2) is 41.5 Å². The van der Waals surface area contributed by atoms with E-state index in [-0.39, 0.29) is 18.4 Å². The highest BCUT2D eigenvalue weighted by molar-refractivity contribution is 5.91. The van der Waals surface area contributed by atoms with E-state index in [1.165, 1.54) is 11.0 Å². The van der Waals surface area contributed by atoms with E-state index in [4.69, 9.17) is 5.11 Å². The first-order valence-electron chi connectivity index (χ1n) is 5.47. The van der Waals surface area contributed by atoms with Crippen molar-refractivity contribution in [1.82, 2.24) is 24.5 Å². The molecular weight excluding hydrogens is 252 g/mol. The molecule has 0 bridgehead atoms. The van der Waals surface area contributed by atoms with Crippen LogP contribution in [0.4, 0.5) is 5.95 Å². The number of aliphatic carboxylic acids is 1. The quantitative estimate of drug-likeness (QED) is 0.770. The second kappa shape index (κ2) is 5.29. The Morgan fingerprint density at radius 3 is 2.95 bits per heavy atom. The second-order valence-electron chi connectivity index (χ2n) is 3.81. The number of nitrogens with zero attached hydrogens (tertiary/aromatic N) is 5. The molecule has 9 heteroatoms. The number of hydrogen-bond donors (Lipinski definition) is 2. The van der Waals surface area contributed by atoms with Crippen molar-refractivity contribution >= 4 is 17.8 Å². The summed E-state index contributed by atoms with van der Waals surface area (Å²) < 4.78 is 2.61. The summed E-state index contributed by atoms with van der Waals surface area (Å²) in [4.78, 5) is 26.1. The van der Waals surface area contributed by atoms with Crippen LogP contribution in [0, 0.1) is 0 Å². The fourth-order valence-corrected chi connectivity index (χ4v) is 1.41. The van der Waals surface area contributed by atoms with E-state index >= 15 is 0 Å². The van der Waals surface area contributed by atoms with Gasteiger partial charge in [-0.25, -0.2) is 9.67 Å². The van der Waals surface area contributed by atoms with Crippen LogP contribution >= 0.6 is 0 Å². The van der Waals surface area contributed by atoms with Crippen molar-refractivity contribution in [2.45, 2.75) is 19.5 Å². The number of carbonyl (C=O) groups excluding carboxylic acids is 1. The molecule has 0 aliphatic carbocycles. The van der Waals surface area contributed by atoms with Gasteiger partial charge in [-0.3, -0.25) is 19.6 Å². The third-order valence-corrected chi connectivity index (χ3v) is 2.37. The molecule has 100 valence electrons. The van der Waals surface area contributed by atoms with E-state index in [0.717, 1.165) is 4.68 Å². The van der Waals surface area contributed by atoms with E-state index in [1.54, 1.807) is 25.4 Å². The number of anilines is 1. The molecule has 1 atom stereocenters.